The van der Waals surface area contributed by atoms with Crippen LogP contribution in [0.25, 0.3) is 0 Å². The number of halogens is 1. The Bertz CT molecular complexity index is 474. The van der Waals surface area contributed by atoms with Gasteiger partial charge in [-0.15, -0.1) is 0 Å². The molecule has 1 aromatic heterocycles. The minimum atomic E-state index is 0.00551. The van der Waals surface area contributed by atoms with Gasteiger partial charge in [0.2, 0.25) is 0 Å². The molecule has 0 aromatic carbocycles. The van der Waals surface area contributed by atoms with E-state index < -0.39 is 0 Å². The Labute approximate surface area is 125 Å². The largest absolute Gasteiger partial charge is 0.370 e. The molecule has 0 unspecified atom stereocenters. The molecule has 20 heavy (non-hydrogen) atoms. The van der Waals surface area contributed by atoms with Crippen molar-refractivity contribution in [1.82, 2.24) is 9.88 Å². The second-order valence-electron chi connectivity index (χ2n) is 5.22. The van der Waals surface area contributed by atoms with E-state index in [4.69, 9.17) is 11.6 Å². The zero-order chi connectivity index (χ0) is 14.5. The van der Waals surface area contributed by atoms with E-state index in [-0.39, 0.29) is 5.91 Å². The lowest BCUT2D eigenvalue weighted by atomic mass is 9.85. The van der Waals surface area contributed by atoms with Crippen LogP contribution in [-0.4, -0.2) is 35.4 Å². The monoisotopic (exact) mass is 295 g/mol. The van der Waals surface area contributed by atoms with Gasteiger partial charge < -0.3 is 10.2 Å². The minimum absolute atomic E-state index is 0.00551. The Morgan fingerprint density at radius 2 is 2.25 bits per heavy atom. The Balaban J connectivity index is 2.14. The SMILES string of the molecule is CCNc1cc(C(=O)N(CC)CC2CCC2)c(Cl)cn1. The first kappa shape index (κ1) is 15.1. The van der Waals surface area contributed by atoms with E-state index in [0.717, 1.165) is 13.1 Å². The summed E-state index contributed by atoms with van der Waals surface area (Å²) in [4.78, 5) is 18.7. The molecule has 0 radical (unpaired) electrons. The smallest absolute Gasteiger partial charge is 0.255 e. The van der Waals surface area contributed by atoms with Gasteiger partial charge in [-0.05, 0) is 38.7 Å². The minimum Gasteiger partial charge on any atom is -0.370 e. The van der Waals surface area contributed by atoms with Gasteiger partial charge in [0.25, 0.3) is 5.91 Å². The third-order valence-electron chi connectivity index (χ3n) is 3.82. The molecule has 1 N–H and O–H groups in total. The summed E-state index contributed by atoms with van der Waals surface area (Å²) in [5.74, 6) is 1.36. The van der Waals surface area contributed by atoms with Crippen molar-refractivity contribution in [2.45, 2.75) is 33.1 Å². The highest BCUT2D eigenvalue weighted by Crippen LogP contribution is 2.28. The second-order valence-corrected chi connectivity index (χ2v) is 5.63. The van der Waals surface area contributed by atoms with Crippen LogP contribution < -0.4 is 5.32 Å². The number of amides is 1. The third-order valence-corrected chi connectivity index (χ3v) is 4.12. The standard InChI is InChI=1S/C15H22ClN3O/c1-3-17-14-8-12(13(16)9-18-14)15(20)19(4-2)10-11-6-5-7-11/h8-9,11H,3-7,10H2,1-2H3,(H,17,18). The highest BCUT2D eigenvalue weighted by atomic mass is 35.5. The first-order chi connectivity index (χ1) is 9.65. The van der Waals surface area contributed by atoms with E-state index in [1.54, 1.807) is 12.3 Å². The first-order valence-corrected chi connectivity index (χ1v) is 7.72. The molecule has 1 saturated carbocycles. The predicted octanol–water partition coefficient (Wildman–Crippen LogP) is 3.43. The molecule has 0 atom stereocenters. The van der Waals surface area contributed by atoms with E-state index in [9.17, 15) is 4.79 Å². The van der Waals surface area contributed by atoms with Crippen molar-refractivity contribution in [1.29, 1.82) is 0 Å². The van der Waals surface area contributed by atoms with Crippen molar-refractivity contribution >= 4 is 23.3 Å². The molecule has 0 saturated heterocycles. The number of hydrogen-bond donors (Lipinski definition) is 1. The maximum absolute atomic E-state index is 12.6. The van der Waals surface area contributed by atoms with Crippen molar-refractivity contribution in [3.63, 3.8) is 0 Å². The molecule has 2 rings (SSSR count). The van der Waals surface area contributed by atoms with Gasteiger partial charge in [-0.25, -0.2) is 4.98 Å². The second kappa shape index (κ2) is 6.93. The summed E-state index contributed by atoms with van der Waals surface area (Å²) in [6, 6.07) is 1.75. The number of aromatic nitrogens is 1. The fraction of sp³-hybridized carbons (Fsp3) is 0.600. The average Bonchev–Trinajstić information content (AvgIpc) is 2.40. The molecule has 4 nitrogen and oxygen atoms in total. The van der Waals surface area contributed by atoms with Gasteiger partial charge in [-0.1, -0.05) is 18.0 Å². The van der Waals surface area contributed by atoms with Crippen LogP contribution in [0.2, 0.25) is 5.02 Å². The first-order valence-electron chi connectivity index (χ1n) is 7.34. The van der Waals surface area contributed by atoms with Crippen LogP contribution in [0.15, 0.2) is 12.3 Å². The maximum atomic E-state index is 12.6. The quantitative estimate of drug-likeness (QED) is 0.874. The Hall–Kier alpha value is -1.29. The lowest BCUT2D eigenvalue weighted by Crippen LogP contribution is -2.37. The van der Waals surface area contributed by atoms with Crippen LogP contribution >= 0.6 is 11.6 Å². The molecule has 0 bridgehead atoms. The normalized spacial score (nSPS) is 14.8. The lowest BCUT2D eigenvalue weighted by molar-refractivity contribution is 0.0706. The van der Waals surface area contributed by atoms with Gasteiger partial charge in [0.15, 0.2) is 0 Å². The lowest BCUT2D eigenvalue weighted by Gasteiger charge is -2.32. The summed E-state index contributed by atoms with van der Waals surface area (Å²) in [7, 11) is 0. The number of anilines is 1. The zero-order valence-electron chi connectivity index (χ0n) is 12.2. The molecule has 1 heterocycles. The molecule has 5 heteroatoms. The molecule has 0 spiro atoms. The average molecular weight is 296 g/mol. The number of nitrogens with zero attached hydrogens (tertiary/aromatic N) is 2. The molecule has 110 valence electrons. The van der Waals surface area contributed by atoms with Crippen molar-refractivity contribution in [3.05, 3.63) is 22.8 Å². The number of pyridine rings is 1. The predicted molar refractivity (Wildman–Crippen MR) is 82.3 cm³/mol. The Morgan fingerprint density at radius 3 is 2.80 bits per heavy atom. The number of hydrogen-bond acceptors (Lipinski definition) is 3. The van der Waals surface area contributed by atoms with Crippen molar-refractivity contribution < 1.29 is 4.79 Å². The third kappa shape index (κ3) is 3.42. The number of carbonyl (C=O) groups is 1. The highest BCUT2D eigenvalue weighted by Gasteiger charge is 2.24. The molecule has 1 aromatic rings. The maximum Gasteiger partial charge on any atom is 0.255 e. The summed E-state index contributed by atoms with van der Waals surface area (Å²) < 4.78 is 0. The van der Waals surface area contributed by atoms with Gasteiger partial charge in [0, 0.05) is 25.8 Å². The number of rotatable bonds is 6. The highest BCUT2D eigenvalue weighted by molar-refractivity contribution is 6.33. The molecular weight excluding hydrogens is 274 g/mol. The van der Waals surface area contributed by atoms with Gasteiger partial charge >= 0.3 is 0 Å². The van der Waals surface area contributed by atoms with E-state index in [1.807, 2.05) is 18.7 Å². The van der Waals surface area contributed by atoms with Crippen LogP contribution in [0.1, 0.15) is 43.5 Å². The fourth-order valence-electron chi connectivity index (χ4n) is 2.39. The zero-order valence-corrected chi connectivity index (χ0v) is 12.9. The number of carbonyl (C=O) groups excluding carboxylic acids is 1. The summed E-state index contributed by atoms with van der Waals surface area (Å²) in [6.45, 7) is 6.32. The van der Waals surface area contributed by atoms with Crippen molar-refractivity contribution in [2.24, 2.45) is 5.92 Å². The van der Waals surface area contributed by atoms with Crippen LogP contribution in [-0.2, 0) is 0 Å². The molecular formula is C15H22ClN3O. The van der Waals surface area contributed by atoms with Gasteiger partial charge in [0.05, 0.1) is 10.6 Å². The van der Waals surface area contributed by atoms with E-state index in [2.05, 4.69) is 10.3 Å². The number of nitrogens with one attached hydrogen (secondary N) is 1. The van der Waals surface area contributed by atoms with Crippen molar-refractivity contribution in [2.75, 3.05) is 25.0 Å². The summed E-state index contributed by atoms with van der Waals surface area (Å²) in [5, 5.41) is 3.53. The van der Waals surface area contributed by atoms with Crippen molar-refractivity contribution in [3.8, 4) is 0 Å². The molecule has 1 aliphatic rings. The molecule has 1 fully saturated rings. The summed E-state index contributed by atoms with van der Waals surface area (Å²) >= 11 is 6.14. The van der Waals surface area contributed by atoms with Crippen LogP contribution in [0.4, 0.5) is 5.82 Å². The van der Waals surface area contributed by atoms with Crippen LogP contribution in [0.5, 0.6) is 0 Å². The molecule has 1 aliphatic carbocycles. The molecule has 0 aliphatic heterocycles. The molecule has 1 amide bonds. The Kier molecular flexibility index (Phi) is 5.24. The fourth-order valence-corrected chi connectivity index (χ4v) is 2.58. The van der Waals surface area contributed by atoms with E-state index in [0.29, 0.717) is 28.9 Å². The summed E-state index contributed by atoms with van der Waals surface area (Å²) in [5.41, 5.74) is 0.541. The van der Waals surface area contributed by atoms with E-state index >= 15 is 0 Å². The van der Waals surface area contributed by atoms with E-state index in [1.165, 1.54) is 19.3 Å². The Morgan fingerprint density at radius 1 is 1.50 bits per heavy atom. The van der Waals surface area contributed by atoms with Gasteiger partial charge in [0.1, 0.15) is 5.82 Å². The van der Waals surface area contributed by atoms with Gasteiger partial charge in [-0.3, -0.25) is 4.79 Å². The van der Waals surface area contributed by atoms with Crippen LogP contribution in [0, 0.1) is 5.92 Å². The topological polar surface area (TPSA) is 45.2 Å². The van der Waals surface area contributed by atoms with Crippen LogP contribution in [0.3, 0.4) is 0 Å². The summed E-state index contributed by atoms with van der Waals surface area (Å²) in [6.07, 6.45) is 5.30. The van der Waals surface area contributed by atoms with Gasteiger partial charge in [-0.2, -0.15) is 0 Å².